The van der Waals surface area contributed by atoms with Gasteiger partial charge in [-0.15, -0.1) is 0 Å². The minimum absolute atomic E-state index is 0.196. The maximum Gasteiger partial charge on any atom is 0.0820 e. The van der Waals surface area contributed by atoms with Gasteiger partial charge in [-0.05, 0) is 31.5 Å². The van der Waals surface area contributed by atoms with Crippen LogP contribution in [0.3, 0.4) is 0 Å². The number of rotatable bonds is 8. The molecule has 2 unspecified atom stereocenters. The first kappa shape index (κ1) is 15.2. The van der Waals surface area contributed by atoms with E-state index in [9.17, 15) is 5.11 Å². The molecule has 0 amide bonds. The molecule has 0 saturated heterocycles. The van der Waals surface area contributed by atoms with Gasteiger partial charge < -0.3 is 15.7 Å². The van der Waals surface area contributed by atoms with Crippen molar-refractivity contribution in [3.8, 4) is 0 Å². The van der Waals surface area contributed by atoms with Crippen molar-refractivity contribution in [1.29, 1.82) is 0 Å². The lowest BCUT2D eigenvalue weighted by molar-refractivity contribution is 0.0931. The van der Waals surface area contributed by atoms with Gasteiger partial charge in [-0.2, -0.15) is 0 Å². The fourth-order valence-corrected chi connectivity index (χ4v) is 2.12. The summed E-state index contributed by atoms with van der Waals surface area (Å²) in [5.41, 5.74) is 7.25. The summed E-state index contributed by atoms with van der Waals surface area (Å²) in [6, 6.07) is 9.91. The Bertz CT molecular complexity index is 316. The summed E-state index contributed by atoms with van der Waals surface area (Å²) >= 11 is 0. The molecular formula is C15H26N2O. The highest BCUT2D eigenvalue weighted by Gasteiger charge is 2.17. The van der Waals surface area contributed by atoms with Gasteiger partial charge in [0.1, 0.15) is 0 Å². The van der Waals surface area contributed by atoms with Crippen molar-refractivity contribution >= 4 is 0 Å². The summed E-state index contributed by atoms with van der Waals surface area (Å²) in [6.07, 6.45) is 1.37. The molecule has 0 heterocycles. The molecule has 1 rings (SSSR count). The first-order valence-corrected chi connectivity index (χ1v) is 6.87. The van der Waals surface area contributed by atoms with Crippen LogP contribution in [0, 0.1) is 0 Å². The van der Waals surface area contributed by atoms with Crippen LogP contribution in [-0.2, 0) is 6.42 Å². The molecule has 0 fully saturated rings. The van der Waals surface area contributed by atoms with Crippen molar-refractivity contribution in [2.75, 3.05) is 19.6 Å². The molecule has 0 radical (unpaired) electrons. The van der Waals surface area contributed by atoms with Crippen LogP contribution in [0.1, 0.15) is 25.8 Å². The van der Waals surface area contributed by atoms with Gasteiger partial charge in [0.2, 0.25) is 0 Å². The molecule has 0 saturated carbocycles. The van der Waals surface area contributed by atoms with Gasteiger partial charge in [0.25, 0.3) is 0 Å². The zero-order valence-electron chi connectivity index (χ0n) is 11.5. The quantitative estimate of drug-likeness (QED) is 0.737. The molecule has 18 heavy (non-hydrogen) atoms. The van der Waals surface area contributed by atoms with Gasteiger partial charge in [0, 0.05) is 12.6 Å². The average molecular weight is 250 g/mol. The predicted octanol–water partition coefficient (Wildman–Crippen LogP) is 1.65. The van der Waals surface area contributed by atoms with Crippen molar-refractivity contribution in [1.82, 2.24) is 4.90 Å². The number of hydrogen-bond donors (Lipinski definition) is 2. The number of nitrogens with zero attached hydrogens (tertiary/aromatic N) is 1. The molecule has 1 aromatic carbocycles. The molecule has 102 valence electrons. The molecule has 0 aromatic heterocycles. The van der Waals surface area contributed by atoms with Crippen molar-refractivity contribution in [2.45, 2.75) is 38.8 Å². The number of benzene rings is 1. The Morgan fingerprint density at radius 2 is 1.89 bits per heavy atom. The molecule has 0 spiro atoms. The molecule has 0 aliphatic heterocycles. The largest absolute Gasteiger partial charge is 0.390 e. The number of aliphatic hydroxyl groups is 1. The van der Waals surface area contributed by atoms with Crippen LogP contribution in [0.4, 0.5) is 0 Å². The van der Waals surface area contributed by atoms with E-state index >= 15 is 0 Å². The van der Waals surface area contributed by atoms with Gasteiger partial charge >= 0.3 is 0 Å². The topological polar surface area (TPSA) is 49.5 Å². The third-order valence-corrected chi connectivity index (χ3v) is 3.24. The number of nitrogens with two attached hydrogens (primary N) is 1. The van der Waals surface area contributed by atoms with E-state index in [4.69, 9.17) is 5.73 Å². The molecule has 3 N–H and O–H groups in total. The highest BCUT2D eigenvalue weighted by atomic mass is 16.3. The van der Waals surface area contributed by atoms with E-state index in [1.54, 1.807) is 0 Å². The van der Waals surface area contributed by atoms with Crippen molar-refractivity contribution in [3.63, 3.8) is 0 Å². The standard InChI is InChI=1S/C15H26N2O/c1-3-10-17(4-2)12-15(18)14(16)11-13-8-6-5-7-9-13/h5-9,14-15,18H,3-4,10-12,16H2,1-2H3. The fraction of sp³-hybridized carbons (Fsp3) is 0.600. The van der Waals surface area contributed by atoms with E-state index < -0.39 is 6.10 Å². The maximum absolute atomic E-state index is 10.1. The number of likely N-dealkylation sites (N-methyl/N-ethyl adjacent to an activating group) is 1. The molecule has 3 nitrogen and oxygen atoms in total. The van der Waals surface area contributed by atoms with Gasteiger partial charge in [-0.25, -0.2) is 0 Å². The minimum Gasteiger partial charge on any atom is -0.390 e. The highest BCUT2D eigenvalue weighted by molar-refractivity contribution is 5.16. The monoisotopic (exact) mass is 250 g/mol. The molecule has 1 aromatic rings. The van der Waals surface area contributed by atoms with E-state index in [1.165, 1.54) is 5.56 Å². The van der Waals surface area contributed by atoms with E-state index in [0.29, 0.717) is 6.54 Å². The second kappa shape index (κ2) is 8.25. The third kappa shape index (κ3) is 5.17. The van der Waals surface area contributed by atoms with E-state index in [0.717, 1.165) is 25.9 Å². The SMILES string of the molecule is CCCN(CC)CC(O)C(N)Cc1ccccc1. The Labute approximate surface area is 111 Å². The van der Waals surface area contributed by atoms with E-state index in [2.05, 4.69) is 30.9 Å². The lowest BCUT2D eigenvalue weighted by Gasteiger charge is -2.26. The summed E-state index contributed by atoms with van der Waals surface area (Å²) in [5.74, 6) is 0. The number of hydrogen-bond acceptors (Lipinski definition) is 3. The van der Waals surface area contributed by atoms with Crippen LogP contribution < -0.4 is 5.73 Å². The van der Waals surface area contributed by atoms with E-state index in [1.807, 2.05) is 18.2 Å². The van der Waals surface area contributed by atoms with Crippen LogP contribution in [0.15, 0.2) is 30.3 Å². The maximum atomic E-state index is 10.1. The van der Waals surface area contributed by atoms with Crippen LogP contribution in [-0.4, -0.2) is 41.8 Å². The van der Waals surface area contributed by atoms with Gasteiger partial charge in [0.05, 0.1) is 6.10 Å². The summed E-state index contributed by atoms with van der Waals surface area (Å²) in [5, 5.41) is 10.1. The van der Waals surface area contributed by atoms with Crippen LogP contribution >= 0.6 is 0 Å². The Kier molecular flexibility index (Phi) is 6.94. The highest BCUT2D eigenvalue weighted by Crippen LogP contribution is 2.06. The van der Waals surface area contributed by atoms with Crippen molar-refractivity contribution < 1.29 is 5.11 Å². The molecule has 0 aliphatic rings. The van der Waals surface area contributed by atoms with Crippen molar-refractivity contribution in [2.24, 2.45) is 5.73 Å². The molecule has 2 atom stereocenters. The third-order valence-electron chi connectivity index (χ3n) is 3.24. The predicted molar refractivity (Wildman–Crippen MR) is 76.5 cm³/mol. The van der Waals surface area contributed by atoms with Gasteiger partial charge in [-0.3, -0.25) is 0 Å². The Morgan fingerprint density at radius 3 is 2.44 bits per heavy atom. The molecule has 0 aliphatic carbocycles. The molecule has 0 bridgehead atoms. The number of aliphatic hydroxyl groups excluding tert-OH is 1. The van der Waals surface area contributed by atoms with Crippen LogP contribution in [0.25, 0.3) is 0 Å². The zero-order valence-corrected chi connectivity index (χ0v) is 11.5. The minimum atomic E-state index is -0.461. The summed E-state index contributed by atoms with van der Waals surface area (Å²) in [6.45, 7) is 6.91. The molecule has 3 heteroatoms. The van der Waals surface area contributed by atoms with Gasteiger partial charge in [-0.1, -0.05) is 44.2 Å². The van der Waals surface area contributed by atoms with Gasteiger partial charge in [0.15, 0.2) is 0 Å². The second-order valence-corrected chi connectivity index (χ2v) is 4.81. The Balaban J connectivity index is 2.43. The first-order chi connectivity index (χ1) is 8.67. The van der Waals surface area contributed by atoms with Crippen molar-refractivity contribution in [3.05, 3.63) is 35.9 Å². The lowest BCUT2D eigenvalue weighted by atomic mass is 10.0. The fourth-order valence-electron chi connectivity index (χ4n) is 2.12. The van der Waals surface area contributed by atoms with Crippen LogP contribution in [0.5, 0.6) is 0 Å². The summed E-state index contributed by atoms with van der Waals surface area (Å²) in [7, 11) is 0. The smallest absolute Gasteiger partial charge is 0.0820 e. The lowest BCUT2D eigenvalue weighted by Crippen LogP contribution is -2.44. The normalized spacial score (nSPS) is 14.7. The first-order valence-electron chi connectivity index (χ1n) is 6.87. The summed E-state index contributed by atoms with van der Waals surface area (Å²) < 4.78 is 0. The van der Waals surface area contributed by atoms with Crippen LogP contribution in [0.2, 0.25) is 0 Å². The Morgan fingerprint density at radius 1 is 1.22 bits per heavy atom. The second-order valence-electron chi connectivity index (χ2n) is 4.81. The zero-order chi connectivity index (χ0) is 13.4. The van der Waals surface area contributed by atoms with E-state index in [-0.39, 0.29) is 6.04 Å². The average Bonchev–Trinajstić information content (AvgIpc) is 2.39. The Hall–Kier alpha value is -0.900. The summed E-state index contributed by atoms with van der Waals surface area (Å²) in [4.78, 5) is 2.25. The molecular weight excluding hydrogens is 224 g/mol.